The molecule has 5 nitrogen and oxygen atoms in total. The van der Waals surface area contributed by atoms with Gasteiger partial charge in [-0.15, -0.1) is 12.4 Å². The Balaban J connectivity index is 0.00000364. The number of carbonyl (C=O) groups is 1. The number of hydroxylamine groups is 1. The van der Waals surface area contributed by atoms with Gasteiger partial charge in [-0.25, -0.2) is 5.48 Å². The predicted octanol–water partition coefficient (Wildman–Crippen LogP) is 3.94. The third kappa shape index (κ3) is 7.69. The van der Waals surface area contributed by atoms with Crippen LogP contribution in [-0.4, -0.2) is 35.2 Å². The van der Waals surface area contributed by atoms with E-state index in [1.807, 2.05) is 24.3 Å². The first-order chi connectivity index (χ1) is 12.5. The lowest BCUT2D eigenvalue weighted by molar-refractivity contribution is -0.129. The largest absolute Gasteiger partial charge is 0.388 e. The van der Waals surface area contributed by atoms with E-state index in [4.69, 9.17) is 5.21 Å². The van der Waals surface area contributed by atoms with Crippen LogP contribution in [0.25, 0.3) is 11.1 Å². The summed E-state index contributed by atoms with van der Waals surface area (Å²) < 4.78 is 0. The second kappa shape index (κ2) is 11.7. The van der Waals surface area contributed by atoms with Crippen LogP contribution in [0.2, 0.25) is 0 Å². The van der Waals surface area contributed by atoms with Crippen molar-refractivity contribution in [2.45, 2.75) is 38.3 Å². The number of carbonyl (C=O) groups excluding carboxylic acids is 1. The van der Waals surface area contributed by atoms with Crippen LogP contribution < -0.4 is 5.48 Å². The van der Waals surface area contributed by atoms with Gasteiger partial charge in [-0.3, -0.25) is 10.0 Å². The topological polar surface area (TPSA) is 72.8 Å². The van der Waals surface area contributed by atoms with Crippen LogP contribution in [0, 0.1) is 0 Å². The molecular formula is C21H29ClN2O3. The summed E-state index contributed by atoms with van der Waals surface area (Å²) in [6.07, 6.45) is 1.69. The van der Waals surface area contributed by atoms with Gasteiger partial charge >= 0.3 is 0 Å². The van der Waals surface area contributed by atoms with E-state index in [9.17, 15) is 9.90 Å². The summed E-state index contributed by atoms with van der Waals surface area (Å²) in [5, 5.41) is 18.7. The van der Waals surface area contributed by atoms with Crippen molar-refractivity contribution in [2.75, 3.05) is 14.1 Å². The maximum absolute atomic E-state index is 10.9. The fourth-order valence-electron chi connectivity index (χ4n) is 2.91. The minimum Gasteiger partial charge on any atom is -0.388 e. The summed E-state index contributed by atoms with van der Waals surface area (Å²) in [4.78, 5) is 13.1. The van der Waals surface area contributed by atoms with Crippen LogP contribution in [0.1, 0.15) is 42.9 Å². The molecule has 0 heterocycles. The van der Waals surface area contributed by atoms with Gasteiger partial charge in [0.2, 0.25) is 5.91 Å². The molecule has 0 aromatic heterocycles. The molecule has 0 fully saturated rings. The molecule has 27 heavy (non-hydrogen) atoms. The molecule has 1 amide bonds. The Labute approximate surface area is 167 Å². The highest BCUT2D eigenvalue weighted by molar-refractivity contribution is 5.85. The van der Waals surface area contributed by atoms with Crippen molar-refractivity contribution in [2.24, 2.45) is 0 Å². The normalized spacial score (nSPS) is 11.7. The van der Waals surface area contributed by atoms with E-state index in [1.165, 1.54) is 5.56 Å². The number of hydrogen-bond donors (Lipinski definition) is 3. The summed E-state index contributed by atoms with van der Waals surface area (Å²) in [5.74, 6) is -0.388. The molecule has 1 atom stereocenters. The van der Waals surface area contributed by atoms with E-state index in [0.29, 0.717) is 12.8 Å². The van der Waals surface area contributed by atoms with Gasteiger partial charge in [-0.2, -0.15) is 0 Å². The van der Waals surface area contributed by atoms with Crippen molar-refractivity contribution in [1.29, 1.82) is 0 Å². The van der Waals surface area contributed by atoms with Crippen LogP contribution >= 0.6 is 12.4 Å². The molecule has 0 saturated heterocycles. The zero-order chi connectivity index (χ0) is 18.9. The second-order valence-corrected chi connectivity index (χ2v) is 6.85. The van der Waals surface area contributed by atoms with Crippen LogP contribution in [0.4, 0.5) is 0 Å². The molecule has 0 unspecified atom stereocenters. The lowest BCUT2D eigenvalue weighted by atomic mass is 9.98. The van der Waals surface area contributed by atoms with Crippen molar-refractivity contribution in [3.05, 3.63) is 59.7 Å². The smallest absolute Gasteiger partial charge is 0.243 e. The molecule has 0 saturated carbocycles. The van der Waals surface area contributed by atoms with Gasteiger partial charge in [0.1, 0.15) is 0 Å². The lowest BCUT2D eigenvalue weighted by Crippen LogP contribution is -2.17. The van der Waals surface area contributed by atoms with Gasteiger partial charge < -0.3 is 10.0 Å². The van der Waals surface area contributed by atoms with Gasteiger partial charge in [-0.05, 0) is 49.2 Å². The molecule has 0 aliphatic heterocycles. The molecular weight excluding hydrogens is 364 g/mol. The number of nitrogens with one attached hydrogen (secondary N) is 1. The zero-order valence-electron chi connectivity index (χ0n) is 15.9. The number of halogens is 1. The molecule has 3 N–H and O–H groups in total. The van der Waals surface area contributed by atoms with Crippen molar-refractivity contribution in [3.63, 3.8) is 0 Å². The highest BCUT2D eigenvalue weighted by Gasteiger charge is 2.08. The molecule has 0 bridgehead atoms. The summed E-state index contributed by atoms with van der Waals surface area (Å²) in [6, 6.07) is 16.5. The quantitative estimate of drug-likeness (QED) is 0.343. The standard InChI is InChI=1S/C21H28N2O3.ClH/c1-23(2)15-16-7-9-17(10-8-16)18-11-13-19(14-12-18)20(24)5-3-4-6-21(25)22-26;/h7-14,20,24,26H,3-6,15H2,1-2H3,(H,22,25);1H/t20-;/m0./s1. The fourth-order valence-corrected chi connectivity index (χ4v) is 2.91. The summed E-state index contributed by atoms with van der Waals surface area (Å²) in [7, 11) is 4.11. The van der Waals surface area contributed by atoms with Crippen molar-refractivity contribution >= 4 is 18.3 Å². The number of amides is 1. The first kappa shape index (κ1) is 23.1. The maximum atomic E-state index is 10.9. The number of unbranched alkanes of at least 4 members (excludes halogenated alkanes) is 1. The van der Waals surface area contributed by atoms with Gasteiger partial charge in [-0.1, -0.05) is 55.0 Å². The zero-order valence-corrected chi connectivity index (χ0v) is 16.7. The van der Waals surface area contributed by atoms with Crippen LogP contribution in [-0.2, 0) is 11.3 Å². The van der Waals surface area contributed by atoms with Crippen LogP contribution in [0.5, 0.6) is 0 Å². The Morgan fingerprint density at radius 2 is 1.56 bits per heavy atom. The predicted molar refractivity (Wildman–Crippen MR) is 110 cm³/mol. The maximum Gasteiger partial charge on any atom is 0.243 e. The van der Waals surface area contributed by atoms with E-state index in [2.05, 4.69) is 43.3 Å². The molecule has 0 spiro atoms. The number of rotatable bonds is 9. The summed E-state index contributed by atoms with van der Waals surface area (Å²) in [6.45, 7) is 0.922. The van der Waals surface area contributed by atoms with Crippen LogP contribution in [0.15, 0.2) is 48.5 Å². The third-order valence-electron chi connectivity index (χ3n) is 4.34. The van der Waals surface area contributed by atoms with Crippen molar-refractivity contribution in [3.8, 4) is 11.1 Å². The van der Waals surface area contributed by atoms with E-state index in [1.54, 1.807) is 5.48 Å². The van der Waals surface area contributed by atoms with Crippen LogP contribution in [0.3, 0.4) is 0 Å². The number of aliphatic hydroxyl groups is 1. The molecule has 0 aliphatic rings. The average molecular weight is 393 g/mol. The number of aliphatic hydroxyl groups excluding tert-OH is 1. The first-order valence-electron chi connectivity index (χ1n) is 8.94. The number of hydrogen-bond acceptors (Lipinski definition) is 4. The van der Waals surface area contributed by atoms with E-state index in [-0.39, 0.29) is 24.7 Å². The summed E-state index contributed by atoms with van der Waals surface area (Å²) in [5.41, 5.74) is 6.05. The van der Waals surface area contributed by atoms with Gasteiger partial charge in [0.05, 0.1) is 6.10 Å². The lowest BCUT2D eigenvalue weighted by Gasteiger charge is -2.12. The van der Waals surface area contributed by atoms with Gasteiger partial charge in [0.25, 0.3) is 0 Å². The SMILES string of the molecule is CN(C)Cc1ccc(-c2ccc([C@@H](O)CCCCC(=O)NO)cc2)cc1.Cl. The Morgan fingerprint density at radius 3 is 2.07 bits per heavy atom. The minimum absolute atomic E-state index is 0. The first-order valence-corrected chi connectivity index (χ1v) is 8.94. The molecule has 6 heteroatoms. The molecule has 2 aromatic rings. The molecule has 0 radical (unpaired) electrons. The molecule has 148 valence electrons. The average Bonchev–Trinajstić information content (AvgIpc) is 2.65. The van der Waals surface area contributed by atoms with Gasteiger partial charge in [0.15, 0.2) is 0 Å². The number of nitrogens with zero attached hydrogens (tertiary/aromatic N) is 1. The van der Waals surface area contributed by atoms with E-state index < -0.39 is 6.10 Å². The highest BCUT2D eigenvalue weighted by Crippen LogP contribution is 2.25. The number of benzene rings is 2. The highest BCUT2D eigenvalue weighted by atomic mass is 35.5. The Bertz CT molecular complexity index is 688. The Kier molecular flexibility index (Phi) is 10.0. The minimum atomic E-state index is -0.538. The third-order valence-corrected chi connectivity index (χ3v) is 4.34. The second-order valence-electron chi connectivity index (χ2n) is 6.85. The molecule has 0 aliphatic carbocycles. The molecule has 2 rings (SSSR count). The fraction of sp³-hybridized carbons (Fsp3) is 0.381. The Morgan fingerprint density at radius 1 is 1.00 bits per heavy atom. The van der Waals surface area contributed by atoms with Crippen molar-refractivity contribution < 1.29 is 15.1 Å². The van der Waals surface area contributed by atoms with Crippen molar-refractivity contribution in [1.82, 2.24) is 10.4 Å². The summed E-state index contributed by atoms with van der Waals surface area (Å²) >= 11 is 0. The van der Waals surface area contributed by atoms with E-state index in [0.717, 1.165) is 29.7 Å². The molecule has 2 aromatic carbocycles. The van der Waals surface area contributed by atoms with E-state index >= 15 is 0 Å². The monoisotopic (exact) mass is 392 g/mol. The van der Waals surface area contributed by atoms with Gasteiger partial charge in [0, 0.05) is 13.0 Å². The Hall–Kier alpha value is -1.92.